The van der Waals surface area contributed by atoms with E-state index in [4.69, 9.17) is 12.2 Å². The molecule has 5 nitrogen and oxygen atoms in total. The molecule has 1 heterocycles. The van der Waals surface area contributed by atoms with Crippen molar-refractivity contribution in [3.63, 3.8) is 0 Å². The Morgan fingerprint density at radius 3 is 2.89 bits per heavy atom. The minimum Gasteiger partial charge on any atom is -0.352 e. The van der Waals surface area contributed by atoms with Crippen LogP contribution in [-0.4, -0.2) is 32.9 Å². The van der Waals surface area contributed by atoms with Gasteiger partial charge >= 0.3 is 6.18 Å². The first-order chi connectivity index (χ1) is 12.7. The fourth-order valence-electron chi connectivity index (χ4n) is 3.50. The van der Waals surface area contributed by atoms with E-state index in [1.807, 2.05) is 31.2 Å². The summed E-state index contributed by atoms with van der Waals surface area (Å²) in [4.78, 5) is 12.4. The van der Waals surface area contributed by atoms with Crippen molar-refractivity contribution in [2.45, 2.75) is 51.4 Å². The molecule has 1 saturated carbocycles. The van der Waals surface area contributed by atoms with Gasteiger partial charge in [-0.15, -0.1) is 0 Å². The molecule has 0 bridgehead atoms. The second-order valence-electron chi connectivity index (χ2n) is 6.98. The summed E-state index contributed by atoms with van der Waals surface area (Å²) in [7, 11) is 0. The highest BCUT2D eigenvalue weighted by Crippen LogP contribution is 2.37. The van der Waals surface area contributed by atoms with Crippen molar-refractivity contribution in [3.05, 3.63) is 34.6 Å². The van der Waals surface area contributed by atoms with Gasteiger partial charge in [-0.1, -0.05) is 30.2 Å². The van der Waals surface area contributed by atoms with Crippen LogP contribution in [-0.2, 0) is 11.3 Å². The van der Waals surface area contributed by atoms with Gasteiger partial charge in [0.1, 0.15) is 6.54 Å². The average Bonchev–Trinajstić information content (AvgIpc) is 2.95. The first-order valence-corrected chi connectivity index (χ1v) is 9.23. The molecule has 1 amide bonds. The first kappa shape index (κ1) is 19.6. The number of benzene rings is 1. The third kappa shape index (κ3) is 4.77. The number of nitrogens with zero attached hydrogens (tertiary/aromatic N) is 2. The molecule has 1 aromatic heterocycles. The summed E-state index contributed by atoms with van der Waals surface area (Å²) in [5.41, 5.74) is 1.85. The maximum absolute atomic E-state index is 12.9. The maximum atomic E-state index is 12.9. The van der Waals surface area contributed by atoms with E-state index in [9.17, 15) is 18.0 Å². The first-order valence-electron chi connectivity index (χ1n) is 8.82. The van der Waals surface area contributed by atoms with Crippen molar-refractivity contribution in [3.8, 4) is 11.4 Å². The molecule has 0 aliphatic heterocycles. The normalized spacial score (nSPS) is 20.4. The lowest BCUT2D eigenvalue weighted by atomic mass is 9.85. The molecule has 3 rings (SSSR count). The standard InChI is InChI=1S/C18H21F3N4OS/c1-11-4-2-5-12(8-11)16-23-24-17(27)25(16)10-15(26)22-14-7-3-6-13(9-14)18(19,20)21/h2,4-5,8,13-14H,3,6-7,9-10H2,1H3,(H,22,26)(H,24,27). The van der Waals surface area contributed by atoms with Crippen LogP contribution in [0.2, 0.25) is 0 Å². The van der Waals surface area contributed by atoms with Gasteiger partial charge in [0.25, 0.3) is 0 Å². The zero-order chi connectivity index (χ0) is 19.6. The number of nitrogens with one attached hydrogen (secondary N) is 2. The number of H-pyrrole nitrogens is 1. The largest absolute Gasteiger partial charge is 0.391 e. The van der Waals surface area contributed by atoms with Gasteiger partial charge in [-0.05, 0) is 44.5 Å². The average molecular weight is 398 g/mol. The summed E-state index contributed by atoms with van der Waals surface area (Å²) in [5, 5.41) is 9.60. The number of carbonyl (C=O) groups is 1. The van der Waals surface area contributed by atoms with E-state index in [1.54, 1.807) is 4.57 Å². The molecule has 9 heteroatoms. The van der Waals surface area contributed by atoms with Crippen molar-refractivity contribution >= 4 is 18.1 Å². The van der Waals surface area contributed by atoms with Crippen LogP contribution in [0.3, 0.4) is 0 Å². The maximum Gasteiger partial charge on any atom is 0.391 e. The Labute approximate surface area is 160 Å². The minimum absolute atomic E-state index is 0.0727. The van der Waals surface area contributed by atoms with Crippen LogP contribution < -0.4 is 5.32 Å². The van der Waals surface area contributed by atoms with Crippen molar-refractivity contribution in [1.82, 2.24) is 20.1 Å². The molecule has 27 heavy (non-hydrogen) atoms. The summed E-state index contributed by atoms with van der Waals surface area (Å²) in [5.74, 6) is -1.19. The third-order valence-electron chi connectivity index (χ3n) is 4.84. The van der Waals surface area contributed by atoms with Gasteiger partial charge in [-0.3, -0.25) is 14.5 Å². The van der Waals surface area contributed by atoms with Gasteiger partial charge in [0.2, 0.25) is 5.91 Å². The molecular formula is C18H21F3N4OS. The van der Waals surface area contributed by atoms with Gasteiger partial charge in [0.05, 0.1) is 5.92 Å². The van der Waals surface area contributed by atoms with Gasteiger partial charge in [-0.2, -0.15) is 18.3 Å². The van der Waals surface area contributed by atoms with E-state index in [0.717, 1.165) is 11.1 Å². The third-order valence-corrected chi connectivity index (χ3v) is 5.15. The van der Waals surface area contributed by atoms with E-state index in [0.29, 0.717) is 23.4 Å². The number of hydrogen-bond donors (Lipinski definition) is 2. The summed E-state index contributed by atoms with van der Waals surface area (Å²) < 4.78 is 40.7. The summed E-state index contributed by atoms with van der Waals surface area (Å²) in [6.07, 6.45) is -3.15. The van der Waals surface area contributed by atoms with Crippen LogP contribution in [0.5, 0.6) is 0 Å². The van der Waals surface area contributed by atoms with Crippen LogP contribution in [0, 0.1) is 17.6 Å². The van der Waals surface area contributed by atoms with Crippen LogP contribution in [0.1, 0.15) is 31.2 Å². The molecule has 0 radical (unpaired) electrons. The Balaban J connectivity index is 1.70. The zero-order valence-corrected chi connectivity index (χ0v) is 15.7. The molecule has 2 unspecified atom stereocenters. The Morgan fingerprint density at radius 2 is 2.19 bits per heavy atom. The number of carbonyl (C=O) groups excluding carboxylic acids is 1. The molecule has 2 aromatic rings. The van der Waals surface area contributed by atoms with Crippen LogP contribution >= 0.6 is 12.2 Å². The van der Waals surface area contributed by atoms with Crippen molar-refractivity contribution in [2.75, 3.05) is 0 Å². The number of aromatic amines is 1. The van der Waals surface area contributed by atoms with Crippen molar-refractivity contribution < 1.29 is 18.0 Å². The fraction of sp³-hybridized carbons (Fsp3) is 0.500. The Morgan fingerprint density at radius 1 is 1.41 bits per heavy atom. The highest BCUT2D eigenvalue weighted by Gasteiger charge is 2.42. The van der Waals surface area contributed by atoms with Gasteiger partial charge < -0.3 is 5.32 Å². The molecule has 2 atom stereocenters. The van der Waals surface area contributed by atoms with Crippen LogP contribution in [0.4, 0.5) is 13.2 Å². The van der Waals surface area contributed by atoms with Gasteiger partial charge in [0.15, 0.2) is 10.6 Å². The monoisotopic (exact) mass is 398 g/mol. The molecule has 0 spiro atoms. The minimum atomic E-state index is -4.21. The predicted octanol–water partition coefficient (Wildman–Crippen LogP) is 4.15. The molecule has 1 fully saturated rings. The Hall–Kier alpha value is -2.16. The van der Waals surface area contributed by atoms with Crippen molar-refractivity contribution in [2.24, 2.45) is 5.92 Å². The highest BCUT2D eigenvalue weighted by atomic mass is 32.1. The number of rotatable bonds is 4. The zero-order valence-electron chi connectivity index (χ0n) is 14.8. The predicted molar refractivity (Wildman–Crippen MR) is 97.5 cm³/mol. The number of halogens is 3. The quantitative estimate of drug-likeness (QED) is 0.761. The van der Waals surface area contributed by atoms with E-state index in [-0.39, 0.29) is 25.3 Å². The highest BCUT2D eigenvalue weighted by molar-refractivity contribution is 7.71. The van der Waals surface area contributed by atoms with E-state index in [1.165, 1.54) is 0 Å². The lowest BCUT2D eigenvalue weighted by Gasteiger charge is -2.31. The number of amides is 1. The number of alkyl halides is 3. The van der Waals surface area contributed by atoms with E-state index >= 15 is 0 Å². The number of aromatic nitrogens is 3. The van der Waals surface area contributed by atoms with E-state index < -0.39 is 18.1 Å². The summed E-state index contributed by atoms with van der Waals surface area (Å²) in [6.45, 7) is 1.85. The summed E-state index contributed by atoms with van der Waals surface area (Å²) >= 11 is 5.21. The van der Waals surface area contributed by atoms with Gasteiger partial charge in [-0.25, -0.2) is 0 Å². The van der Waals surface area contributed by atoms with Crippen molar-refractivity contribution in [1.29, 1.82) is 0 Å². The fourth-order valence-corrected chi connectivity index (χ4v) is 3.70. The van der Waals surface area contributed by atoms with E-state index in [2.05, 4.69) is 15.5 Å². The molecule has 146 valence electrons. The second kappa shape index (κ2) is 7.84. The molecule has 1 aliphatic rings. The smallest absolute Gasteiger partial charge is 0.352 e. The van der Waals surface area contributed by atoms with Crippen LogP contribution in [0.25, 0.3) is 11.4 Å². The topological polar surface area (TPSA) is 62.7 Å². The summed E-state index contributed by atoms with van der Waals surface area (Å²) in [6, 6.07) is 7.14. The number of hydrogen-bond acceptors (Lipinski definition) is 3. The lowest BCUT2D eigenvalue weighted by molar-refractivity contribution is -0.184. The second-order valence-corrected chi connectivity index (χ2v) is 7.36. The Bertz CT molecular complexity index is 874. The molecule has 1 aromatic carbocycles. The number of aryl methyl sites for hydroxylation is 1. The molecular weight excluding hydrogens is 377 g/mol. The van der Waals surface area contributed by atoms with Gasteiger partial charge in [0, 0.05) is 11.6 Å². The molecule has 2 N–H and O–H groups in total. The SMILES string of the molecule is Cc1cccc(-c2n[nH]c(=S)n2CC(=O)NC2CCCC(C(F)(F)F)C2)c1. The Kier molecular flexibility index (Phi) is 5.69. The molecule has 0 saturated heterocycles. The lowest BCUT2D eigenvalue weighted by Crippen LogP contribution is -2.42. The van der Waals surface area contributed by atoms with Crippen LogP contribution in [0.15, 0.2) is 24.3 Å². The molecule has 1 aliphatic carbocycles.